The molecule has 24 heavy (non-hydrogen) atoms. The Labute approximate surface area is 142 Å². The van der Waals surface area contributed by atoms with Gasteiger partial charge >= 0.3 is 0 Å². The van der Waals surface area contributed by atoms with Crippen molar-refractivity contribution in [3.63, 3.8) is 0 Å². The monoisotopic (exact) mass is 339 g/mol. The maximum absolute atomic E-state index is 9.75. The molecule has 0 aliphatic heterocycles. The Morgan fingerprint density at radius 3 is 2.67 bits per heavy atom. The number of aliphatic hydroxyl groups is 1. The highest BCUT2D eigenvalue weighted by molar-refractivity contribution is 6.30. The first-order chi connectivity index (χ1) is 11.8. The van der Waals surface area contributed by atoms with Crippen LogP contribution in [0.4, 0.5) is 5.82 Å². The van der Waals surface area contributed by atoms with Crippen molar-refractivity contribution in [2.75, 3.05) is 11.9 Å². The van der Waals surface area contributed by atoms with E-state index in [4.69, 9.17) is 16.0 Å². The van der Waals surface area contributed by atoms with E-state index in [9.17, 15) is 5.11 Å². The van der Waals surface area contributed by atoms with Crippen molar-refractivity contribution in [3.8, 4) is 0 Å². The fourth-order valence-electron chi connectivity index (χ4n) is 2.72. The third-order valence-electron chi connectivity index (χ3n) is 3.92. The predicted molar refractivity (Wildman–Crippen MR) is 94.2 cm³/mol. The zero-order valence-electron chi connectivity index (χ0n) is 12.6. The van der Waals surface area contributed by atoms with Crippen LogP contribution in [0.2, 0.25) is 5.02 Å². The van der Waals surface area contributed by atoms with Gasteiger partial charge in [-0.05, 0) is 29.8 Å². The summed E-state index contributed by atoms with van der Waals surface area (Å²) in [5, 5.41) is 14.6. The molecule has 0 amide bonds. The molecule has 0 aliphatic rings. The molecule has 2 aromatic heterocycles. The molecule has 2 N–H and O–H groups in total. The maximum atomic E-state index is 9.75. The van der Waals surface area contributed by atoms with E-state index >= 15 is 0 Å². The molecule has 0 radical (unpaired) electrons. The lowest BCUT2D eigenvalue weighted by atomic mass is 10.1. The van der Waals surface area contributed by atoms with E-state index in [1.54, 1.807) is 12.1 Å². The van der Waals surface area contributed by atoms with E-state index < -0.39 is 0 Å². The third-order valence-corrected chi connectivity index (χ3v) is 4.18. The van der Waals surface area contributed by atoms with Crippen LogP contribution in [-0.4, -0.2) is 21.7 Å². The number of hydrogen-bond acceptors (Lipinski definition) is 5. The maximum Gasteiger partial charge on any atom is 0.196 e. The van der Waals surface area contributed by atoms with Gasteiger partial charge in [0.1, 0.15) is 17.4 Å². The third kappa shape index (κ3) is 2.58. The Morgan fingerprint density at radius 2 is 1.88 bits per heavy atom. The average molecular weight is 340 g/mol. The van der Waals surface area contributed by atoms with Crippen LogP contribution in [0.15, 0.2) is 59.3 Å². The van der Waals surface area contributed by atoms with Crippen molar-refractivity contribution in [2.24, 2.45) is 0 Å². The van der Waals surface area contributed by atoms with Crippen LogP contribution >= 0.6 is 11.6 Å². The second-order valence-electron chi connectivity index (χ2n) is 5.43. The van der Waals surface area contributed by atoms with Crippen molar-refractivity contribution >= 4 is 39.5 Å². The predicted octanol–water partition coefficient (Wildman–Crippen LogP) is 4.17. The zero-order valence-corrected chi connectivity index (χ0v) is 13.4. The standard InChI is InChI=1S/C18H14ClN3O2/c19-12-7-5-11(6-8-12)14(9-23)22-18-17-16(20-10-21-18)13-3-1-2-4-15(13)24-17/h1-8,10,14,23H,9H2,(H,20,21,22). The topological polar surface area (TPSA) is 71.2 Å². The van der Waals surface area contributed by atoms with Gasteiger partial charge in [0.25, 0.3) is 0 Å². The Balaban J connectivity index is 1.76. The number of hydrogen-bond donors (Lipinski definition) is 2. The number of nitrogens with one attached hydrogen (secondary N) is 1. The summed E-state index contributed by atoms with van der Waals surface area (Å²) in [6.45, 7) is -0.0899. The number of benzene rings is 2. The number of furan rings is 1. The Hall–Kier alpha value is -2.63. The van der Waals surface area contributed by atoms with Crippen LogP contribution in [0.5, 0.6) is 0 Å². The first kappa shape index (κ1) is 14.9. The highest BCUT2D eigenvalue weighted by Gasteiger charge is 2.17. The van der Waals surface area contributed by atoms with E-state index in [2.05, 4.69) is 15.3 Å². The van der Waals surface area contributed by atoms with Gasteiger partial charge in [-0.3, -0.25) is 0 Å². The lowest BCUT2D eigenvalue weighted by Gasteiger charge is -2.17. The lowest BCUT2D eigenvalue weighted by molar-refractivity contribution is 0.276. The second kappa shape index (κ2) is 6.11. The van der Waals surface area contributed by atoms with Gasteiger partial charge in [0.15, 0.2) is 11.4 Å². The lowest BCUT2D eigenvalue weighted by Crippen LogP contribution is -2.15. The molecule has 1 unspecified atom stereocenters. The summed E-state index contributed by atoms with van der Waals surface area (Å²) >= 11 is 5.92. The summed E-state index contributed by atoms with van der Waals surface area (Å²) in [5.74, 6) is 0.546. The van der Waals surface area contributed by atoms with Crippen LogP contribution in [0.1, 0.15) is 11.6 Å². The van der Waals surface area contributed by atoms with Crippen LogP contribution < -0.4 is 5.32 Å². The zero-order chi connectivity index (χ0) is 16.5. The van der Waals surface area contributed by atoms with Gasteiger partial charge < -0.3 is 14.8 Å². The molecule has 120 valence electrons. The Kier molecular flexibility index (Phi) is 3.80. The molecule has 1 atom stereocenters. The number of aliphatic hydroxyl groups excluding tert-OH is 1. The number of para-hydroxylation sites is 1. The van der Waals surface area contributed by atoms with Gasteiger partial charge in [0, 0.05) is 10.4 Å². The minimum atomic E-state index is -0.325. The van der Waals surface area contributed by atoms with Gasteiger partial charge in [-0.1, -0.05) is 35.9 Å². The van der Waals surface area contributed by atoms with Crippen molar-refractivity contribution in [1.82, 2.24) is 9.97 Å². The smallest absolute Gasteiger partial charge is 0.196 e. The molecule has 2 heterocycles. The van der Waals surface area contributed by atoms with Crippen LogP contribution in [0, 0.1) is 0 Å². The average Bonchev–Trinajstić information content (AvgIpc) is 3.00. The van der Waals surface area contributed by atoms with Crippen LogP contribution in [0.25, 0.3) is 22.1 Å². The summed E-state index contributed by atoms with van der Waals surface area (Å²) in [6, 6.07) is 14.7. The van der Waals surface area contributed by atoms with Crippen molar-refractivity contribution in [1.29, 1.82) is 0 Å². The molecular formula is C18H14ClN3O2. The first-order valence-electron chi connectivity index (χ1n) is 7.51. The number of nitrogens with zero attached hydrogens (tertiary/aromatic N) is 2. The molecule has 0 saturated heterocycles. The van der Waals surface area contributed by atoms with Gasteiger partial charge in [-0.2, -0.15) is 0 Å². The van der Waals surface area contributed by atoms with Gasteiger partial charge in [0.05, 0.1) is 12.6 Å². The molecule has 0 aliphatic carbocycles. The van der Waals surface area contributed by atoms with E-state index in [1.807, 2.05) is 36.4 Å². The van der Waals surface area contributed by atoms with Gasteiger partial charge in [0.2, 0.25) is 0 Å². The van der Waals surface area contributed by atoms with Gasteiger partial charge in [-0.15, -0.1) is 0 Å². The summed E-state index contributed by atoms with van der Waals surface area (Å²) in [4.78, 5) is 8.60. The van der Waals surface area contributed by atoms with Crippen molar-refractivity contribution < 1.29 is 9.52 Å². The largest absolute Gasteiger partial charge is 0.450 e. The van der Waals surface area contributed by atoms with Crippen LogP contribution in [-0.2, 0) is 0 Å². The number of anilines is 1. The second-order valence-corrected chi connectivity index (χ2v) is 5.87. The number of halogens is 1. The van der Waals surface area contributed by atoms with E-state index in [0.717, 1.165) is 22.0 Å². The molecule has 6 heteroatoms. The number of fused-ring (bicyclic) bond motifs is 3. The molecule has 0 saturated carbocycles. The van der Waals surface area contributed by atoms with Crippen molar-refractivity contribution in [3.05, 3.63) is 65.4 Å². The molecule has 0 spiro atoms. The fraction of sp³-hybridized carbons (Fsp3) is 0.111. The highest BCUT2D eigenvalue weighted by Crippen LogP contribution is 2.32. The number of rotatable bonds is 4. The van der Waals surface area contributed by atoms with E-state index in [0.29, 0.717) is 16.4 Å². The minimum absolute atomic E-state index is 0.0899. The van der Waals surface area contributed by atoms with Crippen molar-refractivity contribution in [2.45, 2.75) is 6.04 Å². The molecule has 5 nitrogen and oxygen atoms in total. The van der Waals surface area contributed by atoms with E-state index in [1.165, 1.54) is 6.33 Å². The summed E-state index contributed by atoms with van der Waals surface area (Å²) < 4.78 is 5.89. The molecule has 4 aromatic rings. The quantitative estimate of drug-likeness (QED) is 0.583. The van der Waals surface area contributed by atoms with E-state index in [-0.39, 0.29) is 12.6 Å². The fourth-order valence-corrected chi connectivity index (χ4v) is 2.85. The SMILES string of the molecule is OCC(Nc1ncnc2c1oc1ccccc12)c1ccc(Cl)cc1. The molecule has 0 fully saturated rings. The number of aromatic nitrogens is 2. The normalized spacial score (nSPS) is 12.6. The summed E-state index contributed by atoms with van der Waals surface area (Å²) in [6.07, 6.45) is 1.49. The molecular weight excluding hydrogens is 326 g/mol. The summed E-state index contributed by atoms with van der Waals surface area (Å²) in [5.41, 5.74) is 2.98. The summed E-state index contributed by atoms with van der Waals surface area (Å²) in [7, 11) is 0. The molecule has 0 bridgehead atoms. The highest BCUT2D eigenvalue weighted by atomic mass is 35.5. The molecule has 4 rings (SSSR count). The Bertz CT molecular complexity index is 998. The minimum Gasteiger partial charge on any atom is -0.450 e. The van der Waals surface area contributed by atoms with Crippen LogP contribution in [0.3, 0.4) is 0 Å². The molecule has 2 aromatic carbocycles. The Morgan fingerprint density at radius 1 is 1.08 bits per heavy atom. The van der Waals surface area contributed by atoms with Gasteiger partial charge in [-0.25, -0.2) is 9.97 Å². The first-order valence-corrected chi connectivity index (χ1v) is 7.89.